The summed E-state index contributed by atoms with van der Waals surface area (Å²) < 4.78 is 5.41. The minimum Gasteiger partial charge on any atom is -0.444 e. The monoisotopic (exact) mass is 481 g/mol. The van der Waals surface area contributed by atoms with Gasteiger partial charge in [-0.1, -0.05) is 80.9 Å². The molecular formula is C28H39N3O4. The van der Waals surface area contributed by atoms with Crippen LogP contribution in [0.15, 0.2) is 60.7 Å². The van der Waals surface area contributed by atoms with Crippen molar-refractivity contribution >= 4 is 17.9 Å². The van der Waals surface area contributed by atoms with E-state index in [4.69, 9.17) is 4.74 Å². The zero-order valence-electron chi connectivity index (χ0n) is 21.7. The van der Waals surface area contributed by atoms with Gasteiger partial charge in [0.15, 0.2) is 0 Å². The second kappa shape index (κ2) is 12.9. The number of carbonyl (C=O) groups is 3. The molecule has 0 radical (unpaired) electrons. The molecule has 190 valence electrons. The lowest BCUT2D eigenvalue weighted by Crippen LogP contribution is -2.55. The van der Waals surface area contributed by atoms with Gasteiger partial charge in [0.05, 0.1) is 0 Å². The Kier molecular flexibility index (Phi) is 10.3. The molecule has 0 aliphatic carbocycles. The molecule has 0 aliphatic heterocycles. The highest BCUT2D eigenvalue weighted by atomic mass is 16.6. The van der Waals surface area contributed by atoms with Gasteiger partial charge in [-0.15, -0.1) is 0 Å². The fraction of sp³-hybridized carbons (Fsp3) is 0.464. The number of rotatable bonds is 10. The predicted molar refractivity (Wildman–Crippen MR) is 137 cm³/mol. The van der Waals surface area contributed by atoms with E-state index < -0.39 is 23.8 Å². The van der Waals surface area contributed by atoms with Crippen LogP contribution in [0.3, 0.4) is 0 Å². The third-order valence-electron chi connectivity index (χ3n) is 5.76. The average molecular weight is 482 g/mol. The van der Waals surface area contributed by atoms with Gasteiger partial charge in [0, 0.05) is 13.1 Å². The van der Waals surface area contributed by atoms with E-state index in [1.54, 1.807) is 20.8 Å². The van der Waals surface area contributed by atoms with Gasteiger partial charge in [-0.2, -0.15) is 0 Å². The first-order valence-corrected chi connectivity index (χ1v) is 12.2. The summed E-state index contributed by atoms with van der Waals surface area (Å²) in [6.45, 7) is 11.6. The van der Waals surface area contributed by atoms with Crippen molar-refractivity contribution in [2.45, 2.75) is 72.2 Å². The topological polar surface area (TPSA) is 87.7 Å². The number of carbonyl (C=O) groups excluding carboxylic acids is 3. The van der Waals surface area contributed by atoms with Gasteiger partial charge in [-0.25, -0.2) is 4.79 Å². The first-order chi connectivity index (χ1) is 16.6. The van der Waals surface area contributed by atoms with Crippen molar-refractivity contribution in [3.63, 3.8) is 0 Å². The zero-order chi connectivity index (χ0) is 26.0. The maximum absolute atomic E-state index is 13.8. The number of benzene rings is 2. The number of hydrogen-bond donors (Lipinski definition) is 2. The number of nitrogens with zero attached hydrogens (tertiary/aromatic N) is 1. The molecule has 35 heavy (non-hydrogen) atoms. The summed E-state index contributed by atoms with van der Waals surface area (Å²) in [5, 5.41) is 5.73. The number of hydrogen-bond acceptors (Lipinski definition) is 4. The van der Waals surface area contributed by atoms with Gasteiger partial charge >= 0.3 is 6.09 Å². The van der Waals surface area contributed by atoms with Gasteiger partial charge in [0.1, 0.15) is 17.7 Å². The van der Waals surface area contributed by atoms with Crippen molar-refractivity contribution in [3.05, 3.63) is 71.8 Å². The highest BCUT2D eigenvalue weighted by Crippen LogP contribution is 2.24. The minimum atomic E-state index is -0.843. The van der Waals surface area contributed by atoms with Crippen LogP contribution in [0.1, 0.15) is 65.1 Å². The number of alkyl carbamates (subject to hydrolysis) is 1. The minimum absolute atomic E-state index is 0.159. The van der Waals surface area contributed by atoms with Crippen molar-refractivity contribution in [2.75, 3.05) is 6.54 Å². The Morgan fingerprint density at radius 3 is 2.03 bits per heavy atom. The standard InChI is InChI=1S/C28H39N3O4/c1-7-20(3)23(30-27(34)35-28(4,5)6)26(33)31(8-2)24(22-17-13-10-14-18-22)25(32)29-19-21-15-11-9-12-16-21/h9-18,20,23-24H,7-8,19H2,1-6H3,(H,29,32)(H,30,34). The summed E-state index contributed by atoms with van der Waals surface area (Å²) in [7, 11) is 0. The molecule has 0 saturated carbocycles. The van der Waals surface area contributed by atoms with E-state index in [-0.39, 0.29) is 17.7 Å². The quantitative estimate of drug-likeness (QED) is 0.509. The molecule has 0 spiro atoms. The van der Waals surface area contributed by atoms with E-state index >= 15 is 0 Å². The molecule has 0 fully saturated rings. The summed E-state index contributed by atoms with van der Waals surface area (Å²) in [4.78, 5) is 41.4. The number of likely N-dealkylation sites (N-methyl/N-ethyl adjacent to an activating group) is 1. The molecule has 3 unspecified atom stereocenters. The second-order valence-corrected chi connectivity index (χ2v) is 9.65. The van der Waals surface area contributed by atoms with Crippen molar-refractivity contribution in [3.8, 4) is 0 Å². The summed E-state index contributed by atoms with van der Waals surface area (Å²) >= 11 is 0. The van der Waals surface area contributed by atoms with Crippen molar-refractivity contribution in [1.82, 2.24) is 15.5 Å². The van der Waals surface area contributed by atoms with Gasteiger partial charge in [-0.3, -0.25) is 9.59 Å². The highest BCUT2D eigenvalue weighted by Gasteiger charge is 2.37. The SMILES string of the molecule is CCC(C)C(NC(=O)OC(C)(C)C)C(=O)N(CC)C(C(=O)NCc1ccccc1)c1ccccc1. The van der Waals surface area contributed by atoms with Crippen LogP contribution in [0.2, 0.25) is 0 Å². The van der Waals surface area contributed by atoms with Crippen molar-refractivity contribution in [2.24, 2.45) is 5.92 Å². The van der Waals surface area contributed by atoms with Crippen LogP contribution in [-0.4, -0.2) is 41.0 Å². The van der Waals surface area contributed by atoms with Crippen LogP contribution in [0.5, 0.6) is 0 Å². The molecule has 0 saturated heterocycles. The van der Waals surface area contributed by atoms with Crippen LogP contribution < -0.4 is 10.6 Å². The normalized spacial score (nSPS) is 13.8. The third-order valence-corrected chi connectivity index (χ3v) is 5.76. The molecule has 0 bridgehead atoms. The predicted octanol–water partition coefficient (Wildman–Crippen LogP) is 4.83. The lowest BCUT2D eigenvalue weighted by Gasteiger charge is -2.35. The van der Waals surface area contributed by atoms with Crippen LogP contribution in [0.25, 0.3) is 0 Å². The van der Waals surface area contributed by atoms with Gasteiger partial charge in [0.25, 0.3) is 0 Å². The summed E-state index contributed by atoms with van der Waals surface area (Å²) in [6, 6.07) is 17.2. The molecule has 0 aliphatic rings. The Bertz CT molecular complexity index is 957. The Hall–Kier alpha value is -3.35. The van der Waals surface area contributed by atoms with Crippen LogP contribution in [0.4, 0.5) is 4.79 Å². The van der Waals surface area contributed by atoms with E-state index in [9.17, 15) is 14.4 Å². The molecule has 3 atom stereocenters. The molecule has 0 aromatic heterocycles. The second-order valence-electron chi connectivity index (χ2n) is 9.65. The van der Waals surface area contributed by atoms with E-state index in [2.05, 4.69) is 10.6 Å². The fourth-order valence-corrected chi connectivity index (χ4v) is 3.75. The Morgan fingerprint density at radius 2 is 1.51 bits per heavy atom. The van der Waals surface area contributed by atoms with Crippen molar-refractivity contribution in [1.29, 1.82) is 0 Å². The van der Waals surface area contributed by atoms with Crippen LogP contribution >= 0.6 is 0 Å². The van der Waals surface area contributed by atoms with E-state index in [0.29, 0.717) is 25.1 Å². The van der Waals surface area contributed by atoms with Gasteiger partial charge < -0.3 is 20.3 Å². The van der Waals surface area contributed by atoms with Crippen LogP contribution in [-0.2, 0) is 20.9 Å². The Balaban J connectivity index is 2.34. The molecule has 3 amide bonds. The molecule has 0 heterocycles. The van der Waals surface area contributed by atoms with Gasteiger partial charge in [0.2, 0.25) is 11.8 Å². The fourth-order valence-electron chi connectivity index (χ4n) is 3.75. The number of nitrogens with one attached hydrogen (secondary N) is 2. The van der Waals surface area contributed by atoms with E-state index in [0.717, 1.165) is 5.56 Å². The van der Waals surface area contributed by atoms with Crippen LogP contribution in [0, 0.1) is 5.92 Å². The first-order valence-electron chi connectivity index (χ1n) is 12.2. The zero-order valence-corrected chi connectivity index (χ0v) is 21.7. The molecule has 2 aromatic rings. The molecule has 2 rings (SSSR count). The Labute approximate surface area is 209 Å². The summed E-state index contributed by atoms with van der Waals surface area (Å²) in [5.74, 6) is -0.764. The molecular weight excluding hydrogens is 442 g/mol. The average Bonchev–Trinajstić information content (AvgIpc) is 2.83. The summed E-state index contributed by atoms with van der Waals surface area (Å²) in [5.41, 5.74) is 0.973. The summed E-state index contributed by atoms with van der Waals surface area (Å²) in [6.07, 6.45) is 0.0111. The largest absolute Gasteiger partial charge is 0.444 e. The molecule has 2 N–H and O–H groups in total. The molecule has 2 aromatic carbocycles. The smallest absolute Gasteiger partial charge is 0.408 e. The highest BCUT2D eigenvalue weighted by molar-refractivity contribution is 5.92. The lowest BCUT2D eigenvalue weighted by atomic mass is 9.96. The molecule has 7 heteroatoms. The maximum Gasteiger partial charge on any atom is 0.408 e. The lowest BCUT2D eigenvalue weighted by molar-refractivity contribution is -0.143. The van der Waals surface area contributed by atoms with Gasteiger partial charge in [-0.05, 0) is 44.7 Å². The van der Waals surface area contributed by atoms with E-state index in [1.165, 1.54) is 4.90 Å². The molecule has 7 nitrogen and oxygen atoms in total. The van der Waals surface area contributed by atoms with E-state index in [1.807, 2.05) is 81.4 Å². The Morgan fingerprint density at radius 1 is 0.943 bits per heavy atom. The first kappa shape index (κ1) is 27.9. The van der Waals surface area contributed by atoms with Crippen molar-refractivity contribution < 1.29 is 19.1 Å². The maximum atomic E-state index is 13.8. The number of ether oxygens (including phenoxy) is 1. The number of amides is 3. The third kappa shape index (κ3) is 8.42.